The summed E-state index contributed by atoms with van der Waals surface area (Å²) in [5.74, 6) is -2.04. The van der Waals surface area contributed by atoms with Gasteiger partial charge in [0, 0.05) is 11.8 Å². The summed E-state index contributed by atoms with van der Waals surface area (Å²) < 4.78 is 6.20. The lowest BCUT2D eigenvalue weighted by Crippen LogP contribution is -2.46. The predicted molar refractivity (Wildman–Crippen MR) is 173 cm³/mol. The highest BCUT2D eigenvalue weighted by Crippen LogP contribution is 2.52. The van der Waals surface area contributed by atoms with Crippen molar-refractivity contribution in [2.24, 2.45) is 23.7 Å². The molecule has 0 radical (unpaired) electrons. The first kappa shape index (κ1) is 31.0. The van der Waals surface area contributed by atoms with Crippen molar-refractivity contribution in [3.63, 3.8) is 0 Å². The molecule has 0 unspecified atom stereocenters. The monoisotopic (exact) mass is 606 g/mol. The summed E-state index contributed by atoms with van der Waals surface area (Å²) in [6.07, 6.45) is 4.77. The number of carbonyl (C=O) groups excluding carboxylic acids is 2. The van der Waals surface area contributed by atoms with Crippen molar-refractivity contribution in [2.75, 3.05) is 4.90 Å². The van der Waals surface area contributed by atoms with Crippen molar-refractivity contribution in [3.8, 4) is 5.75 Å². The number of carbonyl (C=O) groups is 2. The third-order valence-electron chi connectivity index (χ3n) is 9.30. The Morgan fingerprint density at radius 3 is 2.56 bits per heavy atom. The van der Waals surface area contributed by atoms with E-state index in [9.17, 15) is 29.8 Å². The van der Waals surface area contributed by atoms with Crippen LogP contribution in [0.5, 0.6) is 5.75 Å². The van der Waals surface area contributed by atoms with Crippen LogP contribution in [-0.2, 0) is 14.2 Å². The summed E-state index contributed by atoms with van der Waals surface area (Å²) in [6.45, 7) is 4.15. The van der Waals surface area contributed by atoms with Crippen LogP contribution in [0.25, 0.3) is 11.6 Å². The molecule has 4 N–H and O–H groups in total. The molecule has 1 aliphatic carbocycles. The molecule has 2 saturated heterocycles. The molecule has 1 aromatic heterocycles. The molecular weight excluding hydrogens is 570 g/mol. The molecule has 2 aromatic carbocycles. The van der Waals surface area contributed by atoms with E-state index in [-0.39, 0.29) is 41.2 Å². The molecule has 6 rings (SSSR count). The summed E-state index contributed by atoms with van der Waals surface area (Å²) in [6, 6.07) is 18.9. The zero-order valence-electron chi connectivity index (χ0n) is 25.3. The Hall–Kier alpha value is -4.02. The maximum Gasteiger partial charge on any atom is 0.488 e. The normalized spacial score (nSPS) is 23.5. The number of aromatic nitrogens is 1. The molecule has 0 bridgehead atoms. The minimum atomic E-state index is -1.73. The van der Waals surface area contributed by atoms with Gasteiger partial charge in [0.25, 0.3) is 0 Å². The highest BCUT2D eigenvalue weighted by atomic mass is 16.5. The Kier molecular flexibility index (Phi) is 8.79. The fourth-order valence-electron chi connectivity index (χ4n) is 7.24. The minimum absolute atomic E-state index is 0.0849. The molecule has 11 heteroatoms. The maximum absolute atomic E-state index is 14.1. The van der Waals surface area contributed by atoms with Gasteiger partial charge in [0.2, 0.25) is 11.8 Å². The first-order valence-corrected chi connectivity index (χ1v) is 15.4. The number of hydrogen-bond donors (Lipinski definition) is 4. The number of phenols is 1. The molecule has 230 valence electrons. The second kappa shape index (κ2) is 12.8. The zero-order chi connectivity index (χ0) is 31.8. The van der Waals surface area contributed by atoms with E-state index in [1.807, 2.05) is 36.4 Å². The number of nitrogens with zero attached hydrogens (tertiary/aromatic N) is 2. The van der Waals surface area contributed by atoms with Crippen molar-refractivity contribution < 1.29 is 34.4 Å². The van der Waals surface area contributed by atoms with Gasteiger partial charge < -0.3 is 24.8 Å². The number of aromatic hydroxyl groups is 1. The fraction of sp³-hybridized carbons (Fsp3) is 0.324. The van der Waals surface area contributed by atoms with E-state index < -0.39 is 32.2 Å². The van der Waals surface area contributed by atoms with Crippen LogP contribution in [0.15, 0.2) is 84.1 Å². The van der Waals surface area contributed by atoms with Gasteiger partial charge in [-0.2, -0.15) is 0 Å². The summed E-state index contributed by atoms with van der Waals surface area (Å²) in [5, 5.41) is 40.8. The number of anilines is 1. The van der Waals surface area contributed by atoms with Crippen molar-refractivity contribution in [2.45, 2.75) is 45.5 Å². The Balaban J connectivity index is 1.34. The van der Waals surface area contributed by atoms with Crippen LogP contribution in [0.2, 0.25) is 6.32 Å². The van der Waals surface area contributed by atoms with Crippen LogP contribution in [-0.4, -0.2) is 57.3 Å². The highest BCUT2D eigenvalue weighted by molar-refractivity contribution is 6.58. The first-order chi connectivity index (χ1) is 21.6. The standard InChI is InChI=1S/C34H36B2N2O7/c1-20(2)25-18-26-32(34(41)38(33(26)40)24-10-7-9-23(17-24)36(43)44)27-19-35(42)45-30(31(25)27)14-13-21(28-11-5-6-15-37-28)16-22-8-3-4-12-29(22)39/h3-12,15-17,20,26-27,30,32,39,42-44H,13-14,18-19H2,1-2H3/b21-16-/t26-,27+,30-,32-/m1/s1. The quantitative estimate of drug-likeness (QED) is 0.174. The summed E-state index contributed by atoms with van der Waals surface area (Å²) in [4.78, 5) is 33.6. The van der Waals surface area contributed by atoms with Crippen LogP contribution in [0, 0.1) is 23.7 Å². The number of pyridine rings is 1. The van der Waals surface area contributed by atoms with Crippen molar-refractivity contribution in [3.05, 3.63) is 95.3 Å². The number of phenolic OH excluding ortho intramolecular Hbond substituents is 1. The molecule has 3 aliphatic rings. The molecule has 9 nitrogen and oxygen atoms in total. The zero-order valence-corrected chi connectivity index (χ0v) is 25.3. The topological polar surface area (TPSA) is 140 Å². The predicted octanol–water partition coefficient (Wildman–Crippen LogP) is 3.45. The lowest BCUT2D eigenvalue weighted by molar-refractivity contribution is -0.122. The van der Waals surface area contributed by atoms with Crippen molar-refractivity contribution in [1.29, 1.82) is 0 Å². The molecule has 0 spiro atoms. The highest BCUT2D eigenvalue weighted by Gasteiger charge is 2.57. The number of para-hydroxylation sites is 1. The van der Waals surface area contributed by atoms with Crippen LogP contribution >= 0.6 is 0 Å². The van der Waals surface area contributed by atoms with Gasteiger partial charge in [-0.3, -0.25) is 19.5 Å². The van der Waals surface area contributed by atoms with Gasteiger partial charge >= 0.3 is 14.2 Å². The molecule has 3 heterocycles. The largest absolute Gasteiger partial charge is 0.507 e. The lowest BCUT2D eigenvalue weighted by atomic mass is 9.57. The Morgan fingerprint density at radius 1 is 1.07 bits per heavy atom. The SMILES string of the molecule is CC(C)C1=C2[C@@H](CC/C(=C/c3ccccc3O)c3ccccn3)OB(O)C[C@@H]2[C@@H]2C(=O)N(c3cccc(B(O)O)c3)C(=O)[C@@H]2C1. The second-order valence-corrected chi connectivity index (χ2v) is 12.4. The molecule has 4 atom stereocenters. The smallest absolute Gasteiger partial charge is 0.488 e. The number of allylic oxidation sites excluding steroid dienone is 2. The summed E-state index contributed by atoms with van der Waals surface area (Å²) in [5.41, 5.74) is 4.87. The third kappa shape index (κ3) is 6.01. The number of imide groups is 1. The van der Waals surface area contributed by atoms with Gasteiger partial charge in [0.15, 0.2) is 0 Å². The summed E-state index contributed by atoms with van der Waals surface area (Å²) >= 11 is 0. The van der Waals surface area contributed by atoms with Crippen LogP contribution < -0.4 is 10.4 Å². The number of benzene rings is 2. The molecule has 2 fully saturated rings. The van der Waals surface area contributed by atoms with Crippen LogP contribution in [0.4, 0.5) is 5.69 Å². The Labute approximate surface area is 263 Å². The van der Waals surface area contributed by atoms with Gasteiger partial charge in [-0.1, -0.05) is 55.8 Å². The second-order valence-electron chi connectivity index (χ2n) is 12.4. The number of rotatable bonds is 8. The number of fused-ring (bicyclic) bond motifs is 3. The molecule has 2 aliphatic heterocycles. The summed E-state index contributed by atoms with van der Waals surface area (Å²) in [7, 11) is -2.84. The van der Waals surface area contributed by atoms with Crippen molar-refractivity contribution >= 4 is 48.9 Å². The van der Waals surface area contributed by atoms with E-state index in [1.165, 1.54) is 17.0 Å². The van der Waals surface area contributed by atoms with E-state index >= 15 is 0 Å². The van der Waals surface area contributed by atoms with E-state index in [1.54, 1.807) is 30.5 Å². The lowest BCUT2D eigenvalue weighted by Gasteiger charge is -2.44. The maximum atomic E-state index is 14.1. The van der Waals surface area contributed by atoms with E-state index in [0.717, 1.165) is 22.4 Å². The Morgan fingerprint density at radius 2 is 1.84 bits per heavy atom. The molecule has 45 heavy (non-hydrogen) atoms. The van der Waals surface area contributed by atoms with Crippen LogP contribution in [0.1, 0.15) is 44.4 Å². The van der Waals surface area contributed by atoms with E-state index in [4.69, 9.17) is 4.65 Å². The van der Waals surface area contributed by atoms with Gasteiger partial charge in [-0.05, 0) is 90.4 Å². The average Bonchev–Trinajstić information content (AvgIpc) is 3.28. The average molecular weight is 606 g/mol. The van der Waals surface area contributed by atoms with Gasteiger partial charge in [0.1, 0.15) is 5.75 Å². The van der Waals surface area contributed by atoms with Crippen LogP contribution in [0.3, 0.4) is 0 Å². The molecule has 3 aromatic rings. The number of hydrogen-bond acceptors (Lipinski definition) is 8. The molecular formula is C34H36B2N2O7. The fourth-order valence-corrected chi connectivity index (χ4v) is 7.24. The minimum Gasteiger partial charge on any atom is -0.507 e. The molecule has 2 amide bonds. The van der Waals surface area contributed by atoms with Gasteiger partial charge in [0.05, 0.1) is 29.3 Å². The van der Waals surface area contributed by atoms with E-state index in [2.05, 4.69) is 18.8 Å². The van der Waals surface area contributed by atoms with Gasteiger partial charge in [-0.15, -0.1) is 0 Å². The van der Waals surface area contributed by atoms with E-state index in [0.29, 0.717) is 30.5 Å². The number of amides is 2. The van der Waals surface area contributed by atoms with Crippen molar-refractivity contribution in [1.82, 2.24) is 4.98 Å². The first-order valence-electron chi connectivity index (χ1n) is 15.4. The molecule has 0 saturated carbocycles. The Bertz CT molecular complexity index is 1660. The third-order valence-corrected chi connectivity index (χ3v) is 9.30. The van der Waals surface area contributed by atoms with Gasteiger partial charge in [-0.25, -0.2) is 0 Å².